The summed E-state index contributed by atoms with van der Waals surface area (Å²) in [5, 5.41) is 2.80. The summed E-state index contributed by atoms with van der Waals surface area (Å²) < 4.78 is 10.3. The number of hydrogen-bond acceptors (Lipinski definition) is 4. The van der Waals surface area contributed by atoms with Gasteiger partial charge in [-0.3, -0.25) is 9.59 Å². The Labute approximate surface area is 89.1 Å². The molecule has 0 unspecified atom stereocenters. The topological polar surface area (TPSA) is 64.6 Å². The molecule has 1 heterocycles. The molecule has 5 heteroatoms. The van der Waals surface area contributed by atoms with Gasteiger partial charge < -0.3 is 14.8 Å². The van der Waals surface area contributed by atoms with Crippen LogP contribution < -0.4 is 5.32 Å². The molecule has 1 rings (SSSR count). The molecule has 0 saturated carbocycles. The number of carbonyl (C=O) groups excluding carboxylic acids is 2. The van der Waals surface area contributed by atoms with E-state index in [0.717, 1.165) is 12.8 Å². The van der Waals surface area contributed by atoms with E-state index in [-0.39, 0.29) is 24.0 Å². The average molecular weight is 215 g/mol. The van der Waals surface area contributed by atoms with Crippen molar-refractivity contribution in [3.63, 3.8) is 0 Å². The summed E-state index contributed by atoms with van der Waals surface area (Å²) >= 11 is 0. The number of amides is 1. The molecule has 0 spiro atoms. The molecule has 0 bridgehead atoms. The van der Waals surface area contributed by atoms with E-state index >= 15 is 0 Å². The largest absolute Gasteiger partial charge is 0.463 e. The van der Waals surface area contributed by atoms with Crippen molar-refractivity contribution in [3.8, 4) is 0 Å². The average Bonchev–Trinajstić information content (AvgIpc) is 2.16. The second-order valence-corrected chi connectivity index (χ2v) is 3.73. The second kappa shape index (κ2) is 5.70. The van der Waals surface area contributed by atoms with Crippen molar-refractivity contribution < 1.29 is 19.1 Å². The van der Waals surface area contributed by atoms with Gasteiger partial charge in [-0.05, 0) is 12.8 Å². The van der Waals surface area contributed by atoms with Crippen LogP contribution in [0.5, 0.6) is 0 Å². The molecule has 0 aliphatic carbocycles. The molecule has 1 fully saturated rings. The lowest BCUT2D eigenvalue weighted by Crippen LogP contribution is -2.43. The summed E-state index contributed by atoms with van der Waals surface area (Å²) in [4.78, 5) is 21.3. The number of carbonyl (C=O) groups is 2. The van der Waals surface area contributed by atoms with Crippen LogP contribution in [0.1, 0.15) is 26.7 Å². The molecule has 86 valence electrons. The standard InChI is InChI=1S/C10H17NO4/c1-7(12)11-9-3-4-10(15-5-9)6-14-8(2)13/h9-10H,3-6H2,1-2H3,(H,11,12)/t9-,10-/m1/s1. The maximum Gasteiger partial charge on any atom is 0.302 e. The molecule has 0 aromatic rings. The van der Waals surface area contributed by atoms with E-state index < -0.39 is 0 Å². The van der Waals surface area contributed by atoms with E-state index in [1.165, 1.54) is 13.8 Å². The third-order valence-corrected chi connectivity index (χ3v) is 2.25. The van der Waals surface area contributed by atoms with Crippen LogP contribution in [0.4, 0.5) is 0 Å². The lowest BCUT2D eigenvalue weighted by molar-refractivity contribution is -0.146. The second-order valence-electron chi connectivity index (χ2n) is 3.73. The molecule has 1 aliphatic heterocycles. The van der Waals surface area contributed by atoms with Crippen LogP contribution in [0.25, 0.3) is 0 Å². The fourth-order valence-corrected chi connectivity index (χ4v) is 1.55. The first kappa shape index (κ1) is 12.0. The Kier molecular flexibility index (Phi) is 4.55. The lowest BCUT2D eigenvalue weighted by atomic mass is 10.1. The van der Waals surface area contributed by atoms with E-state index in [1.54, 1.807) is 0 Å². The van der Waals surface area contributed by atoms with E-state index in [9.17, 15) is 9.59 Å². The van der Waals surface area contributed by atoms with E-state index in [4.69, 9.17) is 9.47 Å². The van der Waals surface area contributed by atoms with Crippen LogP contribution in [0, 0.1) is 0 Å². The van der Waals surface area contributed by atoms with Gasteiger partial charge in [-0.2, -0.15) is 0 Å². The third-order valence-electron chi connectivity index (χ3n) is 2.25. The van der Waals surface area contributed by atoms with Gasteiger partial charge in [-0.1, -0.05) is 0 Å². The Morgan fingerprint density at radius 2 is 2.13 bits per heavy atom. The zero-order valence-corrected chi connectivity index (χ0v) is 9.12. The highest BCUT2D eigenvalue weighted by molar-refractivity contribution is 5.73. The smallest absolute Gasteiger partial charge is 0.302 e. The molecule has 2 atom stereocenters. The Morgan fingerprint density at radius 1 is 1.40 bits per heavy atom. The molecular formula is C10H17NO4. The van der Waals surface area contributed by atoms with E-state index in [2.05, 4.69) is 5.32 Å². The Hall–Kier alpha value is -1.10. The van der Waals surface area contributed by atoms with Crippen LogP contribution in [-0.4, -0.2) is 37.2 Å². The first-order valence-electron chi connectivity index (χ1n) is 5.10. The predicted molar refractivity (Wildman–Crippen MR) is 53.2 cm³/mol. The summed E-state index contributed by atoms with van der Waals surface area (Å²) in [5.74, 6) is -0.329. The number of esters is 1. The molecule has 1 amide bonds. The molecule has 0 aromatic carbocycles. The quantitative estimate of drug-likeness (QED) is 0.685. The van der Waals surface area contributed by atoms with E-state index in [1.807, 2.05) is 0 Å². The van der Waals surface area contributed by atoms with Crippen LogP contribution >= 0.6 is 0 Å². The molecule has 0 aromatic heterocycles. The summed E-state index contributed by atoms with van der Waals surface area (Å²) in [6, 6.07) is 0.0936. The van der Waals surface area contributed by atoms with E-state index in [0.29, 0.717) is 13.2 Å². The van der Waals surface area contributed by atoms with Crippen molar-refractivity contribution in [2.75, 3.05) is 13.2 Å². The van der Waals surface area contributed by atoms with Crippen molar-refractivity contribution in [1.82, 2.24) is 5.32 Å². The molecular weight excluding hydrogens is 198 g/mol. The van der Waals surface area contributed by atoms with Crippen molar-refractivity contribution in [2.45, 2.75) is 38.8 Å². The van der Waals surface area contributed by atoms with Crippen molar-refractivity contribution >= 4 is 11.9 Å². The Morgan fingerprint density at radius 3 is 2.60 bits per heavy atom. The summed E-state index contributed by atoms with van der Waals surface area (Å²) in [7, 11) is 0. The van der Waals surface area contributed by atoms with Gasteiger partial charge in [0.25, 0.3) is 0 Å². The number of nitrogens with one attached hydrogen (secondary N) is 1. The fraction of sp³-hybridized carbons (Fsp3) is 0.800. The first-order chi connectivity index (χ1) is 7.08. The van der Waals surface area contributed by atoms with Gasteiger partial charge in [0, 0.05) is 13.8 Å². The molecule has 1 saturated heterocycles. The van der Waals surface area contributed by atoms with Crippen molar-refractivity contribution in [2.24, 2.45) is 0 Å². The molecule has 1 N–H and O–H groups in total. The predicted octanol–water partition coefficient (Wildman–Crippen LogP) is 0.233. The van der Waals surface area contributed by atoms with Crippen LogP contribution in [0.15, 0.2) is 0 Å². The highest BCUT2D eigenvalue weighted by Gasteiger charge is 2.22. The maximum absolute atomic E-state index is 10.8. The van der Waals surface area contributed by atoms with Gasteiger partial charge in [0.1, 0.15) is 6.61 Å². The normalized spacial score (nSPS) is 25.7. The SMILES string of the molecule is CC(=O)N[C@@H]1CC[C@H](COC(C)=O)OC1. The van der Waals surface area contributed by atoms with Crippen LogP contribution in [0.3, 0.4) is 0 Å². The first-order valence-corrected chi connectivity index (χ1v) is 5.10. The van der Waals surface area contributed by atoms with Gasteiger partial charge in [-0.25, -0.2) is 0 Å². The number of rotatable bonds is 3. The Bertz CT molecular complexity index is 234. The zero-order valence-electron chi connectivity index (χ0n) is 9.12. The zero-order chi connectivity index (χ0) is 11.3. The lowest BCUT2D eigenvalue weighted by Gasteiger charge is -2.28. The summed E-state index contributed by atoms with van der Waals surface area (Å²) in [5.41, 5.74) is 0. The van der Waals surface area contributed by atoms with Gasteiger partial charge in [0.2, 0.25) is 5.91 Å². The molecule has 15 heavy (non-hydrogen) atoms. The summed E-state index contributed by atoms with van der Waals surface area (Å²) in [6.07, 6.45) is 1.64. The molecule has 1 aliphatic rings. The highest BCUT2D eigenvalue weighted by atomic mass is 16.6. The molecule has 0 radical (unpaired) electrons. The van der Waals surface area contributed by atoms with Crippen LogP contribution in [-0.2, 0) is 19.1 Å². The summed E-state index contributed by atoms with van der Waals surface area (Å²) in [6.45, 7) is 3.67. The minimum absolute atomic E-state index is 0.0288. The van der Waals surface area contributed by atoms with Crippen molar-refractivity contribution in [1.29, 1.82) is 0 Å². The number of ether oxygens (including phenoxy) is 2. The van der Waals surface area contributed by atoms with Gasteiger partial charge in [0.15, 0.2) is 0 Å². The van der Waals surface area contributed by atoms with Gasteiger partial charge >= 0.3 is 5.97 Å². The Balaban J connectivity index is 2.18. The minimum Gasteiger partial charge on any atom is -0.463 e. The van der Waals surface area contributed by atoms with Crippen LogP contribution in [0.2, 0.25) is 0 Å². The van der Waals surface area contributed by atoms with Gasteiger partial charge in [-0.15, -0.1) is 0 Å². The van der Waals surface area contributed by atoms with Gasteiger partial charge in [0.05, 0.1) is 18.8 Å². The minimum atomic E-state index is -0.289. The highest BCUT2D eigenvalue weighted by Crippen LogP contribution is 2.13. The third kappa shape index (κ3) is 4.78. The molecule has 5 nitrogen and oxygen atoms in total. The van der Waals surface area contributed by atoms with Crippen molar-refractivity contribution in [3.05, 3.63) is 0 Å². The monoisotopic (exact) mass is 215 g/mol. The fourth-order valence-electron chi connectivity index (χ4n) is 1.55. The maximum atomic E-state index is 10.8. The number of hydrogen-bond donors (Lipinski definition) is 1.